The van der Waals surface area contributed by atoms with Crippen LogP contribution in [-0.2, 0) is 9.47 Å². The molecule has 1 saturated heterocycles. The number of rotatable bonds is 3. The zero-order valence-corrected chi connectivity index (χ0v) is 10.2. The molecule has 0 N–H and O–H groups in total. The Morgan fingerprint density at radius 2 is 2.31 bits per heavy atom. The molecule has 4 heteroatoms. The predicted octanol–water partition coefficient (Wildman–Crippen LogP) is 2.66. The van der Waals surface area contributed by atoms with Gasteiger partial charge in [-0.3, -0.25) is 0 Å². The molecule has 0 amide bonds. The minimum atomic E-state index is -0.298. The standard InChI is InChI=1S/C12H15ClO3/c1-8-5-9(3-4-11(8)14-2)12-15-7-10(6-13)16-12/h3-5,10,12H,6-7H2,1-2H3. The number of hydrogen-bond donors (Lipinski definition) is 0. The molecule has 0 aliphatic carbocycles. The van der Waals surface area contributed by atoms with E-state index in [9.17, 15) is 0 Å². The summed E-state index contributed by atoms with van der Waals surface area (Å²) in [6, 6.07) is 5.89. The van der Waals surface area contributed by atoms with Crippen LogP contribution in [0, 0.1) is 6.92 Å². The number of alkyl halides is 1. The molecule has 1 aromatic carbocycles. The molecular formula is C12H15ClO3. The summed E-state index contributed by atoms with van der Waals surface area (Å²) < 4.78 is 16.4. The average Bonchev–Trinajstić information content (AvgIpc) is 2.77. The molecule has 1 aliphatic rings. The van der Waals surface area contributed by atoms with E-state index in [2.05, 4.69) is 0 Å². The third-order valence-corrected chi connectivity index (χ3v) is 2.96. The Morgan fingerprint density at radius 1 is 1.50 bits per heavy atom. The number of aryl methyl sites for hydroxylation is 1. The molecule has 0 radical (unpaired) electrons. The lowest BCUT2D eigenvalue weighted by atomic mass is 10.1. The Labute approximate surface area is 100 Å². The van der Waals surface area contributed by atoms with E-state index in [0.29, 0.717) is 12.5 Å². The highest BCUT2D eigenvalue weighted by Gasteiger charge is 2.26. The number of benzene rings is 1. The minimum absolute atomic E-state index is 0.00549. The van der Waals surface area contributed by atoms with Gasteiger partial charge >= 0.3 is 0 Å². The topological polar surface area (TPSA) is 27.7 Å². The maximum Gasteiger partial charge on any atom is 0.184 e. The first kappa shape index (κ1) is 11.7. The van der Waals surface area contributed by atoms with Gasteiger partial charge in [-0.05, 0) is 24.6 Å². The maximum atomic E-state index is 5.71. The van der Waals surface area contributed by atoms with Crippen LogP contribution in [0.1, 0.15) is 17.4 Å². The summed E-state index contributed by atoms with van der Waals surface area (Å²) in [5.74, 6) is 1.33. The Bertz CT molecular complexity index is 367. The van der Waals surface area contributed by atoms with Crippen LogP contribution in [0.5, 0.6) is 5.75 Å². The van der Waals surface area contributed by atoms with E-state index in [4.69, 9.17) is 25.8 Å². The SMILES string of the molecule is COc1ccc(C2OCC(CCl)O2)cc1C. The number of hydrogen-bond acceptors (Lipinski definition) is 3. The van der Waals surface area contributed by atoms with Crippen LogP contribution in [0.25, 0.3) is 0 Å². The second-order valence-electron chi connectivity index (χ2n) is 3.81. The van der Waals surface area contributed by atoms with Crippen molar-refractivity contribution in [1.29, 1.82) is 0 Å². The van der Waals surface area contributed by atoms with Gasteiger partial charge in [-0.1, -0.05) is 6.07 Å². The summed E-state index contributed by atoms with van der Waals surface area (Å²) >= 11 is 5.71. The van der Waals surface area contributed by atoms with Gasteiger partial charge < -0.3 is 14.2 Å². The molecule has 2 rings (SSSR count). The summed E-state index contributed by atoms with van der Waals surface area (Å²) in [6.07, 6.45) is -0.303. The van der Waals surface area contributed by atoms with Crippen molar-refractivity contribution in [2.75, 3.05) is 19.6 Å². The van der Waals surface area contributed by atoms with Gasteiger partial charge in [0, 0.05) is 5.56 Å². The van der Waals surface area contributed by atoms with Gasteiger partial charge in [-0.25, -0.2) is 0 Å². The number of methoxy groups -OCH3 is 1. The summed E-state index contributed by atoms with van der Waals surface area (Å²) in [5.41, 5.74) is 2.08. The highest BCUT2D eigenvalue weighted by Crippen LogP contribution is 2.30. The van der Waals surface area contributed by atoms with E-state index >= 15 is 0 Å². The largest absolute Gasteiger partial charge is 0.496 e. The monoisotopic (exact) mass is 242 g/mol. The second-order valence-corrected chi connectivity index (χ2v) is 4.12. The summed E-state index contributed by atoms with van der Waals surface area (Å²) in [7, 11) is 1.66. The van der Waals surface area contributed by atoms with Crippen LogP contribution in [0.3, 0.4) is 0 Å². The van der Waals surface area contributed by atoms with E-state index in [1.54, 1.807) is 7.11 Å². The second kappa shape index (κ2) is 5.04. The lowest BCUT2D eigenvalue weighted by Gasteiger charge is -2.12. The molecule has 16 heavy (non-hydrogen) atoms. The molecule has 3 nitrogen and oxygen atoms in total. The highest BCUT2D eigenvalue weighted by molar-refractivity contribution is 6.18. The van der Waals surface area contributed by atoms with E-state index in [0.717, 1.165) is 16.9 Å². The molecule has 1 fully saturated rings. The predicted molar refractivity (Wildman–Crippen MR) is 62.0 cm³/mol. The Hall–Kier alpha value is -0.770. The molecule has 0 aromatic heterocycles. The van der Waals surface area contributed by atoms with Crippen LogP contribution >= 0.6 is 11.6 Å². The Morgan fingerprint density at radius 3 is 2.88 bits per heavy atom. The van der Waals surface area contributed by atoms with Crippen molar-refractivity contribution in [2.24, 2.45) is 0 Å². The van der Waals surface area contributed by atoms with Crippen molar-refractivity contribution in [3.8, 4) is 5.75 Å². The van der Waals surface area contributed by atoms with Gasteiger partial charge in [0.1, 0.15) is 5.75 Å². The third-order valence-electron chi connectivity index (χ3n) is 2.61. The third kappa shape index (κ3) is 2.32. The van der Waals surface area contributed by atoms with Crippen LogP contribution in [0.2, 0.25) is 0 Å². The molecule has 1 aromatic rings. The van der Waals surface area contributed by atoms with Gasteiger partial charge in [-0.15, -0.1) is 11.6 Å². The molecule has 0 bridgehead atoms. The van der Waals surface area contributed by atoms with Crippen molar-refractivity contribution in [1.82, 2.24) is 0 Å². The first-order valence-electron chi connectivity index (χ1n) is 5.22. The fraction of sp³-hybridized carbons (Fsp3) is 0.500. The Balaban J connectivity index is 2.13. The van der Waals surface area contributed by atoms with Crippen LogP contribution in [0.15, 0.2) is 18.2 Å². The summed E-state index contributed by atoms with van der Waals surface area (Å²) in [4.78, 5) is 0. The van der Waals surface area contributed by atoms with Crippen LogP contribution < -0.4 is 4.74 Å². The fourth-order valence-corrected chi connectivity index (χ4v) is 1.91. The van der Waals surface area contributed by atoms with Gasteiger partial charge in [0.25, 0.3) is 0 Å². The van der Waals surface area contributed by atoms with Crippen molar-refractivity contribution >= 4 is 11.6 Å². The van der Waals surface area contributed by atoms with Crippen molar-refractivity contribution < 1.29 is 14.2 Å². The molecular weight excluding hydrogens is 228 g/mol. The summed E-state index contributed by atoms with van der Waals surface area (Å²) in [6.45, 7) is 2.55. The lowest BCUT2D eigenvalue weighted by Crippen LogP contribution is -2.10. The van der Waals surface area contributed by atoms with Crippen molar-refractivity contribution in [2.45, 2.75) is 19.3 Å². The van der Waals surface area contributed by atoms with E-state index < -0.39 is 0 Å². The van der Waals surface area contributed by atoms with Crippen molar-refractivity contribution in [3.63, 3.8) is 0 Å². The lowest BCUT2D eigenvalue weighted by molar-refractivity contribution is -0.0567. The molecule has 0 saturated carbocycles. The molecule has 0 spiro atoms. The molecule has 2 unspecified atom stereocenters. The summed E-state index contributed by atoms with van der Waals surface area (Å²) in [5, 5.41) is 0. The first-order valence-corrected chi connectivity index (χ1v) is 5.75. The van der Waals surface area contributed by atoms with Crippen LogP contribution in [0.4, 0.5) is 0 Å². The number of ether oxygens (including phenoxy) is 3. The first-order chi connectivity index (χ1) is 7.74. The highest BCUT2D eigenvalue weighted by atomic mass is 35.5. The smallest absolute Gasteiger partial charge is 0.184 e. The van der Waals surface area contributed by atoms with E-state index in [1.807, 2.05) is 25.1 Å². The molecule has 1 heterocycles. The Kier molecular flexibility index (Phi) is 3.69. The van der Waals surface area contributed by atoms with E-state index in [1.165, 1.54) is 0 Å². The fourth-order valence-electron chi connectivity index (χ4n) is 1.75. The van der Waals surface area contributed by atoms with Crippen molar-refractivity contribution in [3.05, 3.63) is 29.3 Å². The zero-order chi connectivity index (χ0) is 11.5. The normalized spacial score (nSPS) is 24.7. The number of halogens is 1. The van der Waals surface area contributed by atoms with Gasteiger partial charge in [-0.2, -0.15) is 0 Å². The van der Waals surface area contributed by atoms with Gasteiger partial charge in [0.05, 0.1) is 25.7 Å². The minimum Gasteiger partial charge on any atom is -0.496 e. The van der Waals surface area contributed by atoms with Gasteiger partial charge in [0.2, 0.25) is 0 Å². The zero-order valence-electron chi connectivity index (χ0n) is 9.40. The molecule has 1 aliphatic heterocycles. The quantitative estimate of drug-likeness (QED) is 0.763. The maximum absolute atomic E-state index is 5.71. The van der Waals surface area contributed by atoms with Crippen LogP contribution in [-0.4, -0.2) is 25.7 Å². The van der Waals surface area contributed by atoms with E-state index in [-0.39, 0.29) is 12.4 Å². The average molecular weight is 243 g/mol. The van der Waals surface area contributed by atoms with Gasteiger partial charge in [0.15, 0.2) is 6.29 Å². The molecule has 2 atom stereocenters. The molecule has 88 valence electrons.